The van der Waals surface area contributed by atoms with Crippen LogP contribution in [0.1, 0.15) is 26.4 Å². The summed E-state index contributed by atoms with van der Waals surface area (Å²) in [6.45, 7) is 0.643. The Morgan fingerprint density at radius 1 is 1.15 bits per heavy atom. The van der Waals surface area contributed by atoms with E-state index in [9.17, 15) is 18.0 Å². The number of fused-ring (bicyclic) bond motifs is 1. The van der Waals surface area contributed by atoms with E-state index in [0.717, 1.165) is 5.56 Å². The van der Waals surface area contributed by atoms with Gasteiger partial charge in [-0.1, -0.05) is 41.9 Å². The highest BCUT2D eigenvalue weighted by atomic mass is 35.5. The number of hydrogen-bond acceptors (Lipinski definition) is 7. The number of morpholine rings is 1. The maximum atomic E-state index is 14.0. The number of hydrogen-bond donors (Lipinski definition) is 4. The number of benzene rings is 3. The number of aromatic carboxylic acids is 1. The molecule has 41 heavy (non-hydrogen) atoms. The number of sulfonamides is 1. The summed E-state index contributed by atoms with van der Waals surface area (Å²) in [6.07, 6.45) is -0.533. The average Bonchev–Trinajstić information content (AvgIpc) is 3.36. The highest BCUT2D eigenvalue weighted by Gasteiger charge is 2.36. The summed E-state index contributed by atoms with van der Waals surface area (Å²) in [7, 11) is -4.23. The van der Waals surface area contributed by atoms with Gasteiger partial charge in [-0.2, -0.15) is 4.31 Å². The van der Waals surface area contributed by atoms with Crippen molar-refractivity contribution >= 4 is 50.1 Å². The van der Waals surface area contributed by atoms with Crippen LogP contribution in [-0.2, 0) is 21.3 Å². The number of carboxylic acids is 1. The molecule has 2 heterocycles. The van der Waals surface area contributed by atoms with Gasteiger partial charge in [0.05, 0.1) is 23.4 Å². The number of carbonyl (C=O) groups is 2. The van der Waals surface area contributed by atoms with E-state index in [2.05, 4.69) is 10.3 Å². The van der Waals surface area contributed by atoms with Crippen molar-refractivity contribution in [2.45, 2.75) is 17.5 Å². The van der Waals surface area contributed by atoms with Crippen LogP contribution in [0, 0.1) is 0 Å². The first-order valence-electron chi connectivity index (χ1n) is 12.6. The fourth-order valence-corrected chi connectivity index (χ4v) is 6.63. The molecule has 5 rings (SSSR count). The number of nitrogens with one attached hydrogen (secondary N) is 2. The fourth-order valence-electron chi connectivity index (χ4n) is 4.63. The third-order valence-electron chi connectivity index (χ3n) is 6.63. The van der Waals surface area contributed by atoms with Crippen LogP contribution in [0.4, 0.5) is 5.69 Å². The summed E-state index contributed by atoms with van der Waals surface area (Å²) in [6, 6.07) is 18.5. The summed E-state index contributed by atoms with van der Waals surface area (Å²) >= 11 is 6.40. The molecule has 0 spiro atoms. The Hall–Kier alpha value is -4.10. The zero-order valence-corrected chi connectivity index (χ0v) is 23.2. The maximum Gasteiger partial charge on any atom is 0.335 e. The molecule has 3 aromatic carbocycles. The second-order valence-electron chi connectivity index (χ2n) is 9.40. The van der Waals surface area contributed by atoms with Crippen molar-refractivity contribution in [2.75, 3.05) is 31.6 Å². The molecule has 0 radical (unpaired) electrons. The SMILES string of the molecule is NC(=O)c1[nH]c2c(NCc3ccc(C(=O)O)cc3)cc(Cl)cc2c1S(=O)(=O)N1CCOC(COc2ccccc2)C1. The minimum atomic E-state index is -4.23. The molecule has 1 aliphatic heterocycles. The number of para-hydroxylation sites is 1. The first kappa shape index (κ1) is 28.4. The lowest BCUT2D eigenvalue weighted by atomic mass is 10.1. The predicted octanol–water partition coefficient (Wildman–Crippen LogP) is 3.70. The van der Waals surface area contributed by atoms with Crippen LogP contribution in [0.25, 0.3) is 10.9 Å². The first-order valence-corrected chi connectivity index (χ1v) is 14.5. The minimum absolute atomic E-state index is 0.0120. The van der Waals surface area contributed by atoms with Crippen molar-refractivity contribution < 1.29 is 32.6 Å². The number of anilines is 1. The van der Waals surface area contributed by atoms with E-state index in [1.807, 2.05) is 18.2 Å². The molecule has 1 amide bonds. The second-order valence-corrected chi connectivity index (χ2v) is 11.7. The molecule has 13 heteroatoms. The Kier molecular flexibility index (Phi) is 8.18. The molecule has 5 N–H and O–H groups in total. The van der Waals surface area contributed by atoms with E-state index in [1.165, 1.54) is 22.5 Å². The van der Waals surface area contributed by atoms with Crippen molar-refractivity contribution in [3.8, 4) is 5.75 Å². The van der Waals surface area contributed by atoms with Crippen LogP contribution in [-0.4, -0.2) is 67.1 Å². The molecule has 11 nitrogen and oxygen atoms in total. The van der Waals surface area contributed by atoms with E-state index >= 15 is 0 Å². The number of amides is 1. The van der Waals surface area contributed by atoms with Crippen LogP contribution >= 0.6 is 11.6 Å². The van der Waals surface area contributed by atoms with Crippen molar-refractivity contribution in [3.05, 3.63) is 88.6 Å². The zero-order chi connectivity index (χ0) is 29.1. The van der Waals surface area contributed by atoms with E-state index in [-0.39, 0.29) is 59.4 Å². The van der Waals surface area contributed by atoms with Crippen LogP contribution in [0.2, 0.25) is 5.02 Å². The topological polar surface area (TPSA) is 164 Å². The number of carboxylic acid groups (broad SMARTS) is 1. The standard InChI is InChI=1S/C28H27ClN4O7S/c29-19-12-22-24(23(13-19)31-14-17-6-8-18(9-7-17)28(35)36)32-25(27(30)34)26(22)41(37,38)33-10-11-39-21(15-33)16-40-20-4-2-1-3-5-20/h1-9,12-13,21,31-32H,10-11,14-16H2,(H2,30,34)(H,35,36). The van der Waals surface area contributed by atoms with Crippen molar-refractivity contribution in [2.24, 2.45) is 5.73 Å². The molecule has 1 aliphatic rings. The highest BCUT2D eigenvalue weighted by Crippen LogP contribution is 2.36. The second kappa shape index (κ2) is 11.8. The number of aromatic nitrogens is 1. The Morgan fingerprint density at radius 2 is 1.88 bits per heavy atom. The van der Waals surface area contributed by atoms with Gasteiger partial charge in [-0.3, -0.25) is 4.79 Å². The molecular formula is C28H27ClN4O7S. The Bertz CT molecular complexity index is 1690. The normalized spacial score (nSPS) is 16.0. The fraction of sp³-hybridized carbons (Fsp3) is 0.214. The van der Waals surface area contributed by atoms with Gasteiger partial charge in [0.2, 0.25) is 10.0 Å². The lowest BCUT2D eigenvalue weighted by molar-refractivity contribution is -0.0249. The molecule has 0 saturated carbocycles. The van der Waals surface area contributed by atoms with Crippen LogP contribution < -0.4 is 15.8 Å². The maximum absolute atomic E-state index is 14.0. The third kappa shape index (κ3) is 6.15. The van der Waals surface area contributed by atoms with Gasteiger partial charge in [0.15, 0.2) is 0 Å². The first-order chi connectivity index (χ1) is 19.6. The van der Waals surface area contributed by atoms with Gasteiger partial charge in [0.25, 0.3) is 5.91 Å². The molecule has 0 aliphatic carbocycles. The summed E-state index contributed by atoms with van der Waals surface area (Å²) < 4.78 is 40.7. The lowest BCUT2D eigenvalue weighted by Gasteiger charge is -2.32. The monoisotopic (exact) mass is 598 g/mol. The molecular weight excluding hydrogens is 572 g/mol. The Morgan fingerprint density at radius 3 is 2.56 bits per heavy atom. The van der Waals surface area contributed by atoms with Gasteiger partial charge in [-0.25, -0.2) is 13.2 Å². The van der Waals surface area contributed by atoms with Crippen LogP contribution in [0.3, 0.4) is 0 Å². The summed E-state index contributed by atoms with van der Waals surface area (Å²) in [4.78, 5) is 26.2. The molecule has 1 unspecified atom stereocenters. The number of nitrogens with zero attached hydrogens (tertiary/aromatic N) is 1. The van der Waals surface area contributed by atoms with E-state index in [4.69, 9.17) is 31.9 Å². The number of carbonyl (C=O) groups excluding carboxylic acids is 1. The average molecular weight is 599 g/mol. The number of aromatic amines is 1. The third-order valence-corrected chi connectivity index (χ3v) is 8.80. The Labute approximate surface area is 240 Å². The molecule has 1 fully saturated rings. The van der Waals surface area contributed by atoms with Gasteiger partial charge < -0.3 is 30.6 Å². The highest BCUT2D eigenvalue weighted by molar-refractivity contribution is 7.89. The number of rotatable bonds is 10. The van der Waals surface area contributed by atoms with Crippen molar-refractivity contribution in [1.29, 1.82) is 0 Å². The largest absolute Gasteiger partial charge is 0.491 e. The van der Waals surface area contributed by atoms with Crippen LogP contribution in [0.5, 0.6) is 5.75 Å². The summed E-state index contributed by atoms with van der Waals surface area (Å²) in [5, 5.41) is 12.7. The van der Waals surface area contributed by atoms with Crippen molar-refractivity contribution in [1.82, 2.24) is 9.29 Å². The summed E-state index contributed by atoms with van der Waals surface area (Å²) in [5.74, 6) is -1.34. The number of H-pyrrole nitrogens is 1. The molecule has 0 bridgehead atoms. The Balaban J connectivity index is 1.43. The molecule has 1 aromatic heterocycles. The number of primary amides is 1. The van der Waals surface area contributed by atoms with E-state index < -0.39 is 28.0 Å². The smallest absolute Gasteiger partial charge is 0.335 e. The van der Waals surface area contributed by atoms with Gasteiger partial charge in [-0.15, -0.1) is 0 Å². The number of halogens is 1. The zero-order valence-electron chi connectivity index (χ0n) is 21.7. The van der Waals surface area contributed by atoms with Crippen LogP contribution in [0.15, 0.2) is 71.6 Å². The predicted molar refractivity (Wildman–Crippen MR) is 153 cm³/mol. The molecule has 4 aromatic rings. The molecule has 1 atom stereocenters. The van der Waals surface area contributed by atoms with Gasteiger partial charge in [0.1, 0.15) is 29.0 Å². The number of nitrogens with two attached hydrogens (primary N) is 1. The summed E-state index contributed by atoms with van der Waals surface area (Å²) in [5.41, 5.74) is 7.07. The lowest BCUT2D eigenvalue weighted by Crippen LogP contribution is -2.47. The van der Waals surface area contributed by atoms with E-state index in [0.29, 0.717) is 17.0 Å². The van der Waals surface area contributed by atoms with Crippen molar-refractivity contribution in [3.63, 3.8) is 0 Å². The van der Waals surface area contributed by atoms with Gasteiger partial charge in [0, 0.05) is 30.0 Å². The molecule has 214 valence electrons. The number of ether oxygens (including phenoxy) is 2. The molecule has 1 saturated heterocycles. The van der Waals surface area contributed by atoms with E-state index in [1.54, 1.807) is 30.3 Å². The minimum Gasteiger partial charge on any atom is -0.491 e. The van der Waals surface area contributed by atoms with Gasteiger partial charge >= 0.3 is 5.97 Å². The quantitative estimate of drug-likeness (QED) is 0.215. The van der Waals surface area contributed by atoms with Gasteiger partial charge in [-0.05, 0) is 42.0 Å².